The second-order valence-corrected chi connectivity index (χ2v) is 4.97. The van der Waals surface area contributed by atoms with E-state index < -0.39 is 0 Å². The van der Waals surface area contributed by atoms with Gasteiger partial charge in [-0.15, -0.1) is 0 Å². The zero-order chi connectivity index (χ0) is 12.3. The Hall–Kier alpha value is -1.07. The van der Waals surface area contributed by atoms with Gasteiger partial charge in [0, 0.05) is 13.6 Å². The Labute approximate surface area is 99.6 Å². The molecule has 0 aliphatic carbocycles. The lowest BCUT2D eigenvalue weighted by molar-refractivity contribution is 0.384. The lowest BCUT2D eigenvalue weighted by Crippen LogP contribution is -2.37. The van der Waals surface area contributed by atoms with E-state index in [4.69, 9.17) is 17.3 Å². The van der Waals surface area contributed by atoms with Gasteiger partial charge in [-0.2, -0.15) is 0 Å². The minimum Gasteiger partial charge on any atom is -0.358 e. The van der Waals surface area contributed by atoms with Gasteiger partial charge in [-0.1, -0.05) is 25.4 Å². The molecule has 0 aromatic carbocycles. The van der Waals surface area contributed by atoms with E-state index in [-0.39, 0.29) is 16.0 Å². The minimum atomic E-state index is -0.330. The smallest absolute Gasteiger partial charge is 0.271 e. The maximum absolute atomic E-state index is 11.3. The summed E-state index contributed by atoms with van der Waals surface area (Å²) in [6.07, 6.45) is 1.34. The van der Waals surface area contributed by atoms with Crippen molar-refractivity contribution >= 4 is 17.4 Å². The van der Waals surface area contributed by atoms with E-state index >= 15 is 0 Å². The average molecular weight is 245 g/mol. The van der Waals surface area contributed by atoms with Crippen molar-refractivity contribution < 1.29 is 0 Å². The van der Waals surface area contributed by atoms with Crippen LogP contribution in [0.3, 0.4) is 0 Å². The summed E-state index contributed by atoms with van der Waals surface area (Å²) in [5, 5.41) is 0.109. The first-order valence-corrected chi connectivity index (χ1v) is 5.39. The van der Waals surface area contributed by atoms with Crippen LogP contribution in [0.25, 0.3) is 0 Å². The summed E-state index contributed by atoms with van der Waals surface area (Å²) in [6, 6.07) is 0. The molecule has 0 fully saturated rings. The Kier molecular flexibility index (Phi) is 3.93. The van der Waals surface area contributed by atoms with Gasteiger partial charge >= 0.3 is 0 Å². The van der Waals surface area contributed by atoms with Crippen molar-refractivity contribution in [3.8, 4) is 0 Å². The Morgan fingerprint density at radius 2 is 2.25 bits per heavy atom. The number of nitrogens with zero attached hydrogens (tertiary/aromatic N) is 2. The first kappa shape index (κ1) is 13.0. The molecule has 0 radical (unpaired) electrons. The van der Waals surface area contributed by atoms with Crippen molar-refractivity contribution in [3.63, 3.8) is 0 Å². The van der Waals surface area contributed by atoms with Crippen LogP contribution in [0.1, 0.15) is 13.8 Å². The molecule has 6 heteroatoms. The molecular weight excluding hydrogens is 228 g/mol. The first-order valence-electron chi connectivity index (χ1n) is 5.02. The summed E-state index contributed by atoms with van der Waals surface area (Å²) in [6.45, 7) is 5.33. The van der Waals surface area contributed by atoms with Gasteiger partial charge in [-0.05, 0) is 12.0 Å². The second-order valence-electron chi connectivity index (χ2n) is 4.59. The molecule has 0 aliphatic heterocycles. The summed E-state index contributed by atoms with van der Waals surface area (Å²) in [5.74, 6) is 0.479. The van der Waals surface area contributed by atoms with Crippen molar-refractivity contribution in [3.05, 3.63) is 21.7 Å². The number of aromatic amines is 1. The predicted molar refractivity (Wildman–Crippen MR) is 66.0 cm³/mol. The largest absolute Gasteiger partial charge is 0.358 e. The van der Waals surface area contributed by atoms with E-state index in [9.17, 15) is 4.79 Å². The van der Waals surface area contributed by atoms with Gasteiger partial charge in [0.2, 0.25) is 0 Å². The van der Waals surface area contributed by atoms with Crippen LogP contribution in [0.5, 0.6) is 0 Å². The van der Waals surface area contributed by atoms with Crippen molar-refractivity contribution in [2.45, 2.75) is 13.8 Å². The fourth-order valence-electron chi connectivity index (χ4n) is 1.42. The highest BCUT2D eigenvalue weighted by atomic mass is 35.5. The number of H-pyrrole nitrogens is 1. The van der Waals surface area contributed by atoms with Gasteiger partial charge in [-0.3, -0.25) is 4.79 Å². The molecule has 0 atom stereocenters. The SMILES string of the molecule is CN(CC(C)(C)CN)c1nc[nH]c(=O)c1Cl. The number of nitrogens with one attached hydrogen (secondary N) is 1. The Morgan fingerprint density at radius 3 is 2.81 bits per heavy atom. The standard InChI is InChI=1S/C10H17ClN4O/c1-10(2,4-12)5-15(3)8-7(11)9(16)14-6-13-8/h6H,4-5,12H2,1-3H3,(H,13,14,16). The average Bonchev–Trinajstić information content (AvgIpc) is 2.21. The lowest BCUT2D eigenvalue weighted by Gasteiger charge is -2.29. The van der Waals surface area contributed by atoms with E-state index in [0.29, 0.717) is 18.9 Å². The zero-order valence-corrected chi connectivity index (χ0v) is 10.5. The summed E-state index contributed by atoms with van der Waals surface area (Å²) >= 11 is 5.88. The first-order chi connectivity index (χ1) is 7.37. The number of hydrogen-bond donors (Lipinski definition) is 2. The van der Waals surface area contributed by atoms with E-state index in [1.54, 1.807) is 0 Å². The van der Waals surface area contributed by atoms with E-state index in [2.05, 4.69) is 9.97 Å². The van der Waals surface area contributed by atoms with Gasteiger partial charge in [0.25, 0.3) is 5.56 Å². The van der Waals surface area contributed by atoms with Crippen molar-refractivity contribution in [1.29, 1.82) is 0 Å². The molecule has 1 aromatic rings. The number of anilines is 1. The molecular formula is C10H17ClN4O. The van der Waals surface area contributed by atoms with Crippen LogP contribution in [0, 0.1) is 5.41 Å². The van der Waals surface area contributed by atoms with Crippen LogP contribution < -0.4 is 16.2 Å². The van der Waals surface area contributed by atoms with Crippen LogP contribution in [-0.2, 0) is 0 Å². The Morgan fingerprint density at radius 1 is 1.62 bits per heavy atom. The van der Waals surface area contributed by atoms with Crippen LogP contribution in [0.4, 0.5) is 5.82 Å². The third-order valence-corrected chi connectivity index (χ3v) is 2.70. The fourth-order valence-corrected chi connectivity index (χ4v) is 1.67. The summed E-state index contributed by atoms with van der Waals surface area (Å²) < 4.78 is 0. The maximum atomic E-state index is 11.3. The van der Waals surface area contributed by atoms with Crippen molar-refractivity contribution in [1.82, 2.24) is 9.97 Å². The van der Waals surface area contributed by atoms with Crippen LogP contribution >= 0.6 is 11.6 Å². The molecule has 1 aromatic heterocycles. The van der Waals surface area contributed by atoms with Gasteiger partial charge in [0.15, 0.2) is 5.82 Å². The van der Waals surface area contributed by atoms with Crippen LogP contribution in [0.15, 0.2) is 11.1 Å². The predicted octanol–water partition coefficient (Wildman–Crippen LogP) is 0.844. The zero-order valence-electron chi connectivity index (χ0n) is 9.75. The molecule has 16 heavy (non-hydrogen) atoms. The van der Waals surface area contributed by atoms with E-state index in [1.165, 1.54) is 6.33 Å². The van der Waals surface area contributed by atoms with Gasteiger partial charge in [0.05, 0.1) is 6.33 Å². The summed E-state index contributed by atoms with van der Waals surface area (Å²) in [4.78, 5) is 19.6. The molecule has 0 spiro atoms. The molecule has 90 valence electrons. The molecule has 1 rings (SSSR count). The molecule has 0 unspecified atom stereocenters. The molecule has 0 bridgehead atoms. The highest BCUT2D eigenvalue weighted by Crippen LogP contribution is 2.21. The highest BCUT2D eigenvalue weighted by molar-refractivity contribution is 6.32. The Bertz CT molecular complexity index is 416. The highest BCUT2D eigenvalue weighted by Gasteiger charge is 2.20. The van der Waals surface area contributed by atoms with Gasteiger partial charge in [0.1, 0.15) is 5.02 Å². The lowest BCUT2D eigenvalue weighted by atomic mass is 9.93. The third-order valence-electron chi connectivity index (χ3n) is 2.36. The minimum absolute atomic E-state index is 0.0532. The molecule has 3 N–H and O–H groups in total. The second kappa shape index (κ2) is 4.84. The number of aromatic nitrogens is 2. The molecule has 0 amide bonds. The normalized spacial score (nSPS) is 11.6. The molecule has 0 saturated heterocycles. The molecule has 5 nitrogen and oxygen atoms in total. The number of hydrogen-bond acceptors (Lipinski definition) is 4. The Balaban J connectivity index is 2.93. The summed E-state index contributed by atoms with van der Waals surface area (Å²) in [7, 11) is 1.84. The van der Waals surface area contributed by atoms with E-state index in [1.807, 2.05) is 25.8 Å². The monoisotopic (exact) mass is 244 g/mol. The molecule has 0 saturated carbocycles. The maximum Gasteiger partial charge on any atom is 0.271 e. The topological polar surface area (TPSA) is 75.0 Å². The van der Waals surface area contributed by atoms with E-state index in [0.717, 1.165) is 0 Å². The van der Waals surface area contributed by atoms with Gasteiger partial charge < -0.3 is 15.6 Å². The number of nitrogens with two attached hydrogens (primary N) is 1. The van der Waals surface area contributed by atoms with Gasteiger partial charge in [-0.25, -0.2) is 4.98 Å². The number of halogens is 1. The molecule has 1 heterocycles. The number of rotatable bonds is 4. The van der Waals surface area contributed by atoms with Crippen LogP contribution in [0.2, 0.25) is 5.02 Å². The van der Waals surface area contributed by atoms with Crippen LogP contribution in [-0.4, -0.2) is 30.1 Å². The van der Waals surface area contributed by atoms with Crippen molar-refractivity contribution in [2.24, 2.45) is 11.1 Å². The molecule has 0 aliphatic rings. The van der Waals surface area contributed by atoms with Crippen molar-refractivity contribution in [2.75, 3.05) is 25.0 Å². The summed E-state index contributed by atoms with van der Waals surface area (Å²) in [5.41, 5.74) is 5.27. The third kappa shape index (κ3) is 2.96. The fraction of sp³-hybridized carbons (Fsp3) is 0.600. The quantitative estimate of drug-likeness (QED) is 0.823.